The van der Waals surface area contributed by atoms with Gasteiger partial charge in [0.2, 0.25) is 5.91 Å². The van der Waals surface area contributed by atoms with E-state index in [1.165, 1.54) is 16.9 Å². The monoisotopic (exact) mass is 533 g/mol. The fraction of sp³-hybridized carbons (Fsp3) is 0.741. The Balaban J connectivity index is 1.44. The van der Waals surface area contributed by atoms with Gasteiger partial charge in [-0.25, -0.2) is 18.3 Å². The molecule has 3 aliphatic rings. The number of halogens is 2. The first-order chi connectivity index (χ1) is 18.0. The van der Waals surface area contributed by atoms with Gasteiger partial charge < -0.3 is 15.0 Å². The van der Waals surface area contributed by atoms with E-state index in [1.807, 2.05) is 13.8 Å². The highest BCUT2D eigenvalue weighted by Gasteiger charge is 2.45. The van der Waals surface area contributed by atoms with Crippen LogP contribution in [0.3, 0.4) is 0 Å². The van der Waals surface area contributed by atoms with E-state index in [0.717, 1.165) is 45.1 Å². The van der Waals surface area contributed by atoms with Crippen LogP contribution in [0.5, 0.6) is 0 Å². The summed E-state index contributed by atoms with van der Waals surface area (Å²) in [6, 6.07) is 2.26. The van der Waals surface area contributed by atoms with E-state index < -0.39 is 11.3 Å². The molecule has 9 nitrogen and oxygen atoms in total. The van der Waals surface area contributed by atoms with Crippen LogP contribution in [-0.4, -0.2) is 101 Å². The lowest BCUT2D eigenvalue weighted by Gasteiger charge is -2.43. The van der Waals surface area contributed by atoms with E-state index in [2.05, 4.69) is 39.0 Å². The molecule has 3 aliphatic heterocycles. The number of rotatable bonds is 7. The molecule has 2 saturated heterocycles. The van der Waals surface area contributed by atoms with Crippen molar-refractivity contribution in [3.63, 3.8) is 0 Å². The number of nitrogens with zero attached hydrogens (tertiary/aromatic N) is 6. The van der Waals surface area contributed by atoms with Crippen LogP contribution in [0.2, 0.25) is 0 Å². The number of pyridine rings is 1. The molecule has 210 valence electrons. The maximum Gasteiger partial charge on any atom is 0.276 e. The Kier molecular flexibility index (Phi) is 7.49. The van der Waals surface area contributed by atoms with Crippen molar-refractivity contribution in [2.24, 2.45) is 0 Å². The summed E-state index contributed by atoms with van der Waals surface area (Å²) in [5.74, 6) is -3.14. The van der Waals surface area contributed by atoms with Crippen molar-refractivity contribution < 1.29 is 18.3 Å². The largest absolute Gasteiger partial charge is 0.379 e. The number of morpholine rings is 1. The maximum atomic E-state index is 15.3. The molecule has 0 unspecified atom stereocenters. The van der Waals surface area contributed by atoms with Crippen molar-refractivity contribution in [3.05, 3.63) is 23.7 Å². The van der Waals surface area contributed by atoms with Gasteiger partial charge in [-0.3, -0.25) is 14.6 Å². The molecule has 0 bridgehead atoms. The average molecular weight is 534 g/mol. The van der Waals surface area contributed by atoms with E-state index in [-0.39, 0.29) is 42.2 Å². The molecule has 5 rings (SSSR count). The second-order valence-electron chi connectivity index (χ2n) is 11.9. The number of nitrogens with one attached hydrogen (secondary N) is 1. The van der Waals surface area contributed by atoms with E-state index in [1.54, 1.807) is 11.8 Å². The molecular formula is C27H41F2N7O2. The molecular weight excluding hydrogens is 492 g/mol. The normalized spacial score (nSPS) is 26.7. The lowest BCUT2D eigenvalue weighted by atomic mass is 9.90. The SMILES string of the molecule is CCCC(F)(F)c1cc2c(n3ncnc13)C(C)(C)CN2C(=O)CN1C[C@@H](C)NC[C@@H]1CN1CCOC[C@H]1C. The smallest absolute Gasteiger partial charge is 0.276 e. The molecule has 0 aliphatic carbocycles. The average Bonchev–Trinajstić information content (AvgIpc) is 3.43. The van der Waals surface area contributed by atoms with Crippen molar-refractivity contribution in [1.82, 2.24) is 29.7 Å². The number of anilines is 1. The third-order valence-electron chi connectivity index (χ3n) is 8.28. The van der Waals surface area contributed by atoms with Crippen molar-refractivity contribution in [1.29, 1.82) is 0 Å². The number of piperazine rings is 1. The molecule has 5 heterocycles. The standard InChI is InChI=1S/C27H41F2N7O2/c1-6-7-27(28,29)21-10-22-24(36-25(21)31-17-32-36)26(4,5)16-35(22)23(37)14-34-12-18(2)30-11-20(34)13-33-8-9-38-15-19(33)3/h10,17-20,30H,6-9,11-16H2,1-5H3/t18-,19-,20-/m1/s1. The minimum atomic E-state index is -3.06. The van der Waals surface area contributed by atoms with Crippen LogP contribution in [0.15, 0.2) is 12.4 Å². The van der Waals surface area contributed by atoms with Crippen LogP contribution < -0.4 is 10.2 Å². The summed E-state index contributed by atoms with van der Waals surface area (Å²) in [4.78, 5) is 24.5. The van der Waals surface area contributed by atoms with Crippen LogP contribution in [0.4, 0.5) is 14.5 Å². The van der Waals surface area contributed by atoms with Crippen LogP contribution in [0.1, 0.15) is 58.7 Å². The summed E-state index contributed by atoms with van der Waals surface area (Å²) in [5.41, 5.74) is 0.808. The van der Waals surface area contributed by atoms with Gasteiger partial charge in [0.1, 0.15) is 6.33 Å². The number of aromatic nitrogens is 3. The van der Waals surface area contributed by atoms with Gasteiger partial charge in [0.15, 0.2) is 5.65 Å². The molecule has 11 heteroatoms. The van der Waals surface area contributed by atoms with Crippen molar-refractivity contribution in [2.45, 2.75) is 76.9 Å². The third kappa shape index (κ3) is 5.05. The summed E-state index contributed by atoms with van der Waals surface area (Å²) in [7, 11) is 0. The fourth-order valence-corrected chi connectivity index (χ4v) is 6.27. The minimum absolute atomic E-state index is 0.0739. The lowest BCUT2D eigenvalue weighted by molar-refractivity contribution is -0.121. The summed E-state index contributed by atoms with van der Waals surface area (Å²) in [6.07, 6.45) is 1.37. The Labute approximate surface area is 223 Å². The first-order valence-electron chi connectivity index (χ1n) is 13.9. The number of carbonyl (C=O) groups excluding carboxylic acids is 1. The number of amides is 1. The number of alkyl halides is 2. The number of hydrogen-bond acceptors (Lipinski definition) is 7. The quantitative estimate of drug-likeness (QED) is 0.586. The molecule has 3 atom stereocenters. The molecule has 0 aromatic carbocycles. The Morgan fingerprint density at radius 2 is 2.08 bits per heavy atom. The number of fused-ring (bicyclic) bond motifs is 3. The van der Waals surface area contributed by atoms with Crippen molar-refractivity contribution in [2.75, 3.05) is 57.4 Å². The Morgan fingerprint density at radius 3 is 2.82 bits per heavy atom. The van der Waals surface area contributed by atoms with Gasteiger partial charge in [-0.1, -0.05) is 27.2 Å². The molecule has 1 N–H and O–H groups in total. The second kappa shape index (κ2) is 10.4. The van der Waals surface area contributed by atoms with Crippen LogP contribution in [-0.2, 0) is 20.9 Å². The van der Waals surface area contributed by atoms with Gasteiger partial charge in [0.25, 0.3) is 5.92 Å². The molecule has 38 heavy (non-hydrogen) atoms. The second-order valence-corrected chi connectivity index (χ2v) is 11.9. The van der Waals surface area contributed by atoms with Gasteiger partial charge >= 0.3 is 0 Å². The fourth-order valence-electron chi connectivity index (χ4n) is 6.27. The third-order valence-corrected chi connectivity index (χ3v) is 8.28. The first-order valence-corrected chi connectivity index (χ1v) is 13.9. The van der Waals surface area contributed by atoms with Gasteiger partial charge in [-0.15, -0.1) is 0 Å². The molecule has 0 saturated carbocycles. The molecule has 2 aromatic rings. The predicted molar refractivity (Wildman–Crippen MR) is 142 cm³/mol. The molecule has 2 fully saturated rings. The summed E-state index contributed by atoms with van der Waals surface area (Å²) in [5, 5.41) is 7.89. The maximum absolute atomic E-state index is 15.3. The molecule has 0 radical (unpaired) electrons. The van der Waals surface area contributed by atoms with E-state index in [9.17, 15) is 4.79 Å². The number of hydrogen-bond donors (Lipinski definition) is 1. The zero-order valence-electron chi connectivity index (χ0n) is 23.2. The van der Waals surface area contributed by atoms with Crippen LogP contribution in [0.25, 0.3) is 5.65 Å². The van der Waals surface area contributed by atoms with Crippen LogP contribution in [0, 0.1) is 0 Å². The molecule has 1 amide bonds. The predicted octanol–water partition coefficient (Wildman–Crippen LogP) is 2.63. The zero-order valence-corrected chi connectivity index (χ0v) is 23.2. The van der Waals surface area contributed by atoms with E-state index in [4.69, 9.17) is 4.74 Å². The van der Waals surface area contributed by atoms with Gasteiger partial charge in [-0.2, -0.15) is 5.10 Å². The van der Waals surface area contributed by atoms with Gasteiger partial charge in [-0.05, 0) is 19.9 Å². The van der Waals surface area contributed by atoms with Gasteiger partial charge in [0.05, 0.1) is 36.7 Å². The molecule has 0 spiro atoms. The van der Waals surface area contributed by atoms with E-state index >= 15 is 8.78 Å². The van der Waals surface area contributed by atoms with Crippen molar-refractivity contribution in [3.8, 4) is 0 Å². The zero-order chi connectivity index (χ0) is 27.2. The summed E-state index contributed by atoms with van der Waals surface area (Å²) < 4.78 is 37.7. The first kappa shape index (κ1) is 27.4. The van der Waals surface area contributed by atoms with Crippen molar-refractivity contribution >= 4 is 17.2 Å². The number of ether oxygens (including phenoxy) is 1. The van der Waals surface area contributed by atoms with E-state index in [0.29, 0.717) is 24.7 Å². The highest BCUT2D eigenvalue weighted by molar-refractivity contribution is 5.97. The Morgan fingerprint density at radius 1 is 1.29 bits per heavy atom. The number of carbonyl (C=O) groups is 1. The summed E-state index contributed by atoms with van der Waals surface area (Å²) >= 11 is 0. The Bertz CT molecular complexity index is 1170. The molecule has 2 aromatic heterocycles. The topological polar surface area (TPSA) is 78.2 Å². The Hall–Kier alpha value is -2.21. The highest BCUT2D eigenvalue weighted by atomic mass is 19.3. The lowest BCUT2D eigenvalue weighted by Crippen LogP contribution is -2.62. The highest BCUT2D eigenvalue weighted by Crippen LogP contribution is 2.45. The van der Waals surface area contributed by atoms with Crippen LogP contribution >= 0.6 is 0 Å². The summed E-state index contributed by atoms with van der Waals surface area (Å²) in [6.45, 7) is 15.5. The van der Waals surface area contributed by atoms with Gasteiger partial charge in [0, 0.05) is 62.7 Å². The minimum Gasteiger partial charge on any atom is -0.379 e.